The molecule has 0 spiro atoms. The van der Waals surface area contributed by atoms with E-state index in [1.54, 1.807) is 12.2 Å². The standard InChI is InChI=1S/C33H56O4/c1-4-30(34)25-27-32(36)23-19-15-11-9-7-6-8-10-13-17-21-29(3)22-18-14-12-16-20-24-33(37)28-26-31(35)5-2/h1-2,25-37H,6-24H2,3H3/b27-25+,28-26+/t29?,30-,31-,32-,33-/m1/s1. The molecule has 0 aromatic rings. The Morgan fingerprint density at radius 1 is 0.459 bits per heavy atom. The van der Waals surface area contributed by atoms with Crippen molar-refractivity contribution in [1.29, 1.82) is 0 Å². The number of hydrogen-bond acceptors (Lipinski definition) is 4. The molecule has 0 saturated heterocycles. The summed E-state index contributed by atoms with van der Waals surface area (Å²) in [6.07, 6.45) is 36.4. The molecular weight excluding hydrogens is 460 g/mol. The van der Waals surface area contributed by atoms with Gasteiger partial charge in [-0.05, 0) is 30.9 Å². The maximum absolute atomic E-state index is 9.83. The second kappa shape index (κ2) is 26.1. The minimum atomic E-state index is -0.900. The maximum Gasteiger partial charge on any atom is 0.133 e. The molecule has 4 heteroatoms. The molecule has 0 amide bonds. The molecule has 4 nitrogen and oxygen atoms in total. The summed E-state index contributed by atoms with van der Waals surface area (Å²) >= 11 is 0. The van der Waals surface area contributed by atoms with Gasteiger partial charge in [-0.2, -0.15) is 0 Å². The van der Waals surface area contributed by atoms with E-state index >= 15 is 0 Å². The number of hydrogen-bond donors (Lipinski definition) is 4. The summed E-state index contributed by atoms with van der Waals surface area (Å²) in [5, 5.41) is 38.1. The van der Waals surface area contributed by atoms with E-state index < -0.39 is 24.4 Å². The Morgan fingerprint density at radius 2 is 0.730 bits per heavy atom. The van der Waals surface area contributed by atoms with E-state index in [1.807, 2.05) is 0 Å². The lowest BCUT2D eigenvalue weighted by Crippen LogP contribution is -2.04. The van der Waals surface area contributed by atoms with Crippen LogP contribution in [0.2, 0.25) is 0 Å². The van der Waals surface area contributed by atoms with Crippen LogP contribution in [0.25, 0.3) is 0 Å². The van der Waals surface area contributed by atoms with Crippen LogP contribution < -0.4 is 0 Å². The van der Waals surface area contributed by atoms with Gasteiger partial charge in [0, 0.05) is 0 Å². The van der Waals surface area contributed by atoms with Crippen LogP contribution in [0.3, 0.4) is 0 Å². The van der Waals surface area contributed by atoms with Crippen molar-refractivity contribution in [3.05, 3.63) is 24.3 Å². The van der Waals surface area contributed by atoms with Gasteiger partial charge in [0.05, 0.1) is 12.2 Å². The van der Waals surface area contributed by atoms with Gasteiger partial charge in [-0.3, -0.25) is 0 Å². The van der Waals surface area contributed by atoms with Crippen molar-refractivity contribution in [3.63, 3.8) is 0 Å². The molecule has 37 heavy (non-hydrogen) atoms. The van der Waals surface area contributed by atoms with Crippen molar-refractivity contribution in [2.45, 2.75) is 153 Å². The highest BCUT2D eigenvalue weighted by molar-refractivity contribution is 5.08. The molecule has 0 saturated carbocycles. The predicted octanol–water partition coefficient (Wildman–Crippen LogP) is 6.86. The van der Waals surface area contributed by atoms with Crippen LogP contribution in [0.1, 0.15) is 129 Å². The fourth-order valence-electron chi connectivity index (χ4n) is 4.55. The minimum absolute atomic E-state index is 0.507. The topological polar surface area (TPSA) is 80.9 Å². The lowest BCUT2D eigenvalue weighted by Gasteiger charge is -2.11. The van der Waals surface area contributed by atoms with Crippen molar-refractivity contribution < 1.29 is 20.4 Å². The second-order valence-electron chi connectivity index (χ2n) is 10.7. The Kier molecular flexibility index (Phi) is 25.0. The van der Waals surface area contributed by atoms with Crippen molar-refractivity contribution in [1.82, 2.24) is 0 Å². The van der Waals surface area contributed by atoms with Gasteiger partial charge in [0.1, 0.15) is 12.2 Å². The smallest absolute Gasteiger partial charge is 0.133 e. The van der Waals surface area contributed by atoms with Crippen molar-refractivity contribution in [3.8, 4) is 24.7 Å². The number of aliphatic hydroxyl groups excluding tert-OH is 4. The van der Waals surface area contributed by atoms with Gasteiger partial charge in [0.25, 0.3) is 0 Å². The SMILES string of the molecule is C#C[C@@H](O)/C=C/[C@H](O)CCCCCCCCCCCCC(C)CCCCCCC[C@@H](O)/C=C/[C@H](O)C#C. The molecule has 0 aliphatic carbocycles. The quantitative estimate of drug-likeness (QED) is 0.0607. The van der Waals surface area contributed by atoms with Gasteiger partial charge >= 0.3 is 0 Å². The van der Waals surface area contributed by atoms with Crippen molar-refractivity contribution >= 4 is 0 Å². The molecule has 0 aromatic heterocycles. The predicted molar refractivity (Wildman–Crippen MR) is 157 cm³/mol. The van der Waals surface area contributed by atoms with Gasteiger partial charge in [-0.25, -0.2) is 0 Å². The Bertz CT molecular complexity index is 642. The molecular formula is C33H56O4. The summed E-state index contributed by atoms with van der Waals surface area (Å²) in [6.45, 7) is 2.39. The van der Waals surface area contributed by atoms with E-state index in [1.165, 1.54) is 95.6 Å². The fraction of sp³-hybridized carbons (Fsp3) is 0.758. The number of rotatable bonds is 25. The lowest BCUT2D eigenvalue weighted by molar-refractivity contribution is 0.204. The highest BCUT2D eigenvalue weighted by Crippen LogP contribution is 2.19. The third-order valence-electron chi connectivity index (χ3n) is 7.02. The number of terminal acetylenes is 2. The second-order valence-corrected chi connectivity index (χ2v) is 10.7. The van der Waals surface area contributed by atoms with Crippen molar-refractivity contribution in [2.75, 3.05) is 0 Å². The molecule has 0 bridgehead atoms. The summed E-state index contributed by atoms with van der Waals surface area (Å²) in [6, 6.07) is 0. The minimum Gasteiger partial charge on any atom is -0.389 e. The molecule has 0 aliphatic rings. The largest absolute Gasteiger partial charge is 0.389 e. The molecule has 0 radical (unpaired) electrons. The molecule has 4 N–H and O–H groups in total. The van der Waals surface area contributed by atoms with Crippen LogP contribution in [0, 0.1) is 30.6 Å². The highest BCUT2D eigenvalue weighted by Gasteiger charge is 2.04. The number of unbranched alkanes of at least 4 members (excludes halogenated alkanes) is 13. The fourth-order valence-corrected chi connectivity index (χ4v) is 4.55. The Labute approximate surface area is 228 Å². The van der Waals surface area contributed by atoms with Gasteiger partial charge in [0.15, 0.2) is 0 Å². The van der Waals surface area contributed by atoms with Crippen LogP contribution in [0.5, 0.6) is 0 Å². The summed E-state index contributed by atoms with van der Waals surface area (Å²) < 4.78 is 0. The van der Waals surface area contributed by atoms with Crippen LogP contribution in [-0.2, 0) is 0 Å². The van der Waals surface area contributed by atoms with Crippen molar-refractivity contribution in [2.24, 2.45) is 5.92 Å². The Balaban J connectivity index is 3.38. The Hall–Kier alpha value is -1.56. The third kappa shape index (κ3) is 25.9. The van der Waals surface area contributed by atoms with E-state index in [4.69, 9.17) is 12.8 Å². The molecule has 0 rings (SSSR count). The Morgan fingerprint density at radius 3 is 1.03 bits per heavy atom. The molecule has 1 unspecified atom stereocenters. The van der Waals surface area contributed by atoms with E-state index in [2.05, 4.69) is 18.8 Å². The first-order valence-electron chi connectivity index (χ1n) is 14.9. The first-order chi connectivity index (χ1) is 17.9. The average molecular weight is 517 g/mol. The highest BCUT2D eigenvalue weighted by atomic mass is 16.3. The zero-order valence-corrected chi connectivity index (χ0v) is 23.6. The molecule has 0 heterocycles. The zero-order chi connectivity index (χ0) is 27.6. The van der Waals surface area contributed by atoms with Crippen LogP contribution in [0.15, 0.2) is 24.3 Å². The van der Waals surface area contributed by atoms with E-state index in [-0.39, 0.29) is 0 Å². The molecule has 0 fully saturated rings. The average Bonchev–Trinajstić information content (AvgIpc) is 2.90. The molecule has 0 aliphatic heterocycles. The summed E-state index contributed by atoms with van der Waals surface area (Å²) in [5.74, 6) is 5.23. The van der Waals surface area contributed by atoms with Gasteiger partial charge in [0.2, 0.25) is 0 Å². The summed E-state index contributed by atoms with van der Waals surface area (Å²) in [4.78, 5) is 0. The first-order valence-corrected chi connectivity index (χ1v) is 14.9. The van der Waals surface area contributed by atoms with Crippen LogP contribution in [0.4, 0.5) is 0 Å². The van der Waals surface area contributed by atoms with Crippen LogP contribution in [-0.4, -0.2) is 44.8 Å². The normalized spacial score (nSPS) is 15.9. The monoisotopic (exact) mass is 516 g/mol. The van der Waals surface area contributed by atoms with E-state index in [0.29, 0.717) is 0 Å². The lowest BCUT2D eigenvalue weighted by atomic mass is 9.95. The summed E-state index contributed by atoms with van der Waals surface area (Å²) in [5.41, 5.74) is 0. The molecule has 0 aromatic carbocycles. The number of aliphatic hydroxyl groups is 4. The molecule has 5 atom stereocenters. The maximum atomic E-state index is 9.83. The molecule has 212 valence electrons. The van der Waals surface area contributed by atoms with Crippen LogP contribution >= 0.6 is 0 Å². The summed E-state index contributed by atoms with van der Waals surface area (Å²) in [7, 11) is 0. The third-order valence-corrected chi connectivity index (χ3v) is 7.02. The van der Waals surface area contributed by atoms with E-state index in [0.717, 1.165) is 44.4 Å². The first kappa shape index (κ1) is 35.4. The van der Waals surface area contributed by atoms with Gasteiger partial charge < -0.3 is 20.4 Å². The van der Waals surface area contributed by atoms with Gasteiger partial charge in [-0.15, -0.1) is 12.8 Å². The zero-order valence-electron chi connectivity index (χ0n) is 23.6. The van der Waals surface area contributed by atoms with Gasteiger partial charge in [-0.1, -0.05) is 140 Å². The van der Waals surface area contributed by atoms with E-state index in [9.17, 15) is 20.4 Å².